The minimum absolute atomic E-state index is 0.125. The van der Waals surface area contributed by atoms with Crippen molar-refractivity contribution in [2.24, 2.45) is 0 Å². The Morgan fingerprint density at radius 1 is 1.00 bits per heavy atom. The van der Waals surface area contributed by atoms with Crippen molar-refractivity contribution in [3.63, 3.8) is 0 Å². The topological polar surface area (TPSA) is 40.5 Å². The second kappa shape index (κ2) is 5.02. The average molecular weight is 228 g/mol. The molecule has 2 N–H and O–H groups in total. The zero-order chi connectivity index (χ0) is 12.3. The van der Waals surface area contributed by atoms with Gasteiger partial charge in [0, 0.05) is 5.56 Å². The van der Waals surface area contributed by atoms with Gasteiger partial charge in [0.25, 0.3) is 0 Å². The largest absolute Gasteiger partial charge is 0.508 e. The molecular weight excluding hydrogens is 212 g/mol. The van der Waals surface area contributed by atoms with Crippen molar-refractivity contribution < 1.29 is 10.2 Å². The molecule has 0 fully saturated rings. The monoisotopic (exact) mass is 228 g/mol. The fourth-order valence-corrected chi connectivity index (χ4v) is 1.83. The van der Waals surface area contributed by atoms with Gasteiger partial charge in [-0.15, -0.1) is 0 Å². The molecule has 17 heavy (non-hydrogen) atoms. The fraction of sp³-hybridized carbons (Fsp3) is 0.200. The number of benzene rings is 2. The Labute approximate surface area is 101 Å². The third kappa shape index (κ3) is 2.48. The summed E-state index contributed by atoms with van der Waals surface area (Å²) in [5.41, 5.74) is 2.57. The Hall–Kier alpha value is -1.80. The number of phenolic OH excluding ortho intramolecular Hbond substituents is 1. The highest BCUT2D eigenvalue weighted by Gasteiger charge is 2.13. The van der Waals surface area contributed by atoms with Crippen LogP contribution in [0.3, 0.4) is 0 Å². The third-order valence-electron chi connectivity index (χ3n) is 2.94. The number of hydrogen-bond acceptors (Lipinski definition) is 2. The molecule has 0 radical (unpaired) electrons. The SMILES string of the molecule is CCc1ccc(C(O)c2ccccc2O)cc1. The standard InChI is InChI=1S/C15H16O2/c1-2-11-7-9-12(10-8-11)15(17)13-5-3-4-6-14(13)16/h3-10,15-17H,2H2,1H3. The summed E-state index contributed by atoms with van der Waals surface area (Å²) in [4.78, 5) is 0. The van der Waals surface area contributed by atoms with Crippen molar-refractivity contribution in [3.05, 3.63) is 65.2 Å². The molecule has 0 amide bonds. The van der Waals surface area contributed by atoms with E-state index in [2.05, 4.69) is 6.92 Å². The van der Waals surface area contributed by atoms with Gasteiger partial charge in [0.1, 0.15) is 11.9 Å². The zero-order valence-electron chi connectivity index (χ0n) is 9.80. The van der Waals surface area contributed by atoms with Gasteiger partial charge >= 0.3 is 0 Å². The Kier molecular flexibility index (Phi) is 3.45. The van der Waals surface area contributed by atoms with Crippen LogP contribution < -0.4 is 0 Å². The summed E-state index contributed by atoms with van der Waals surface area (Å²) in [6.45, 7) is 2.09. The third-order valence-corrected chi connectivity index (χ3v) is 2.94. The van der Waals surface area contributed by atoms with E-state index in [1.54, 1.807) is 24.3 Å². The van der Waals surface area contributed by atoms with Gasteiger partial charge in [-0.1, -0.05) is 49.4 Å². The van der Waals surface area contributed by atoms with Crippen molar-refractivity contribution in [2.75, 3.05) is 0 Å². The molecule has 0 saturated heterocycles. The molecule has 0 aromatic heterocycles. The Bertz CT molecular complexity index is 489. The maximum absolute atomic E-state index is 10.2. The lowest BCUT2D eigenvalue weighted by molar-refractivity contribution is 0.215. The van der Waals surface area contributed by atoms with Crippen LogP contribution in [0.15, 0.2) is 48.5 Å². The highest BCUT2D eigenvalue weighted by molar-refractivity contribution is 5.39. The molecule has 0 heterocycles. The predicted octanol–water partition coefficient (Wildman–Crippen LogP) is 3.04. The minimum atomic E-state index is -0.776. The molecule has 2 rings (SSSR count). The van der Waals surface area contributed by atoms with Gasteiger partial charge < -0.3 is 10.2 Å². The first-order valence-corrected chi connectivity index (χ1v) is 5.77. The van der Waals surface area contributed by atoms with E-state index in [-0.39, 0.29) is 5.75 Å². The number of aliphatic hydroxyl groups is 1. The van der Waals surface area contributed by atoms with Crippen molar-refractivity contribution in [2.45, 2.75) is 19.4 Å². The van der Waals surface area contributed by atoms with Crippen LogP contribution in [0.25, 0.3) is 0 Å². The Morgan fingerprint density at radius 2 is 1.65 bits per heavy atom. The quantitative estimate of drug-likeness (QED) is 0.847. The van der Waals surface area contributed by atoms with E-state index < -0.39 is 6.10 Å². The highest BCUT2D eigenvalue weighted by Crippen LogP contribution is 2.28. The van der Waals surface area contributed by atoms with Gasteiger partial charge in [-0.25, -0.2) is 0 Å². The summed E-state index contributed by atoms with van der Waals surface area (Å²) in [5.74, 6) is 0.125. The average Bonchev–Trinajstić information content (AvgIpc) is 2.39. The van der Waals surface area contributed by atoms with E-state index in [9.17, 15) is 10.2 Å². The minimum Gasteiger partial charge on any atom is -0.508 e. The molecule has 0 saturated carbocycles. The number of hydrogen-bond donors (Lipinski definition) is 2. The van der Waals surface area contributed by atoms with Crippen LogP contribution in [0.5, 0.6) is 5.75 Å². The predicted molar refractivity (Wildman–Crippen MR) is 68.0 cm³/mol. The number of para-hydroxylation sites is 1. The number of aryl methyl sites for hydroxylation is 1. The lowest BCUT2D eigenvalue weighted by Crippen LogP contribution is -2.00. The van der Waals surface area contributed by atoms with Gasteiger partial charge in [-0.3, -0.25) is 0 Å². The smallest absolute Gasteiger partial charge is 0.121 e. The van der Waals surface area contributed by atoms with Crippen molar-refractivity contribution >= 4 is 0 Å². The molecular formula is C15H16O2. The van der Waals surface area contributed by atoms with Crippen LogP contribution in [0, 0.1) is 0 Å². The van der Waals surface area contributed by atoms with Crippen molar-refractivity contribution in [1.82, 2.24) is 0 Å². The van der Waals surface area contributed by atoms with Crippen LogP contribution in [-0.4, -0.2) is 10.2 Å². The van der Waals surface area contributed by atoms with Crippen LogP contribution in [-0.2, 0) is 6.42 Å². The lowest BCUT2D eigenvalue weighted by Gasteiger charge is -2.13. The van der Waals surface area contributed by atoms with E-state index in [1.807, 2.05) is 24.3 Å². The van der Waals surface area contributed by atoms with Gasteiger partial charge in [0.15, 0.2) is 0 Å². The molecule has 2 aromatic carbocycles. The molecule has 0 aliphatic heterocycles. The number of aromatic hydroxyl groups is 1. The molecule has 0 bridgehead atoms. The second-order valence-electron chi connectivity index (χ2n) is 4.06. The van der Waals surface area contributed by atoms with E-state index >= 15 is 0 Å². The van der Waals surface area contributed by atoms with Crippen LogP contribution in [0.1, 0.15) is 29.7 Å². The molecule has 0 aliphatic carbocycles. The van der Waals surface area contributed by atoms with E-state index in [4.69, 9.17) is 0 Å². The summed E-state index contributed by atoms with van der Waals surface area (Å²) < 4.78 is 0. The molecule has 1 unspecified atom stereocenters. The molecule has 2 aromatic rings. The molecule has 0 aliphatic rings. The van der Waals surface area contributed by atoms with Crippen molar-refractivity contribution in [1.29, 1.82) is 0 Å². The maximum Gasteiger partial charge on any atom is 0.121 e. The second-order valence-corrected chi connectivity index (χ2v) is 4.06. The Balaban J connectivity index is 2.30. The lowest BCUT2D eigenvalue weighted by atomic mass is 9.99. The van der Waals surface area contributed by atoms with Gasteiger partial charge in [0.2, 0.25) is 0 Å². The normalized spacial score (nSPS) is 12.4. The molecule has 0 spiro atoms. The molecule has 2 nitrogen and oxygen atoms in total. The number of rotatable bonds is 3. The van der Waals surface area contributed by atoms with Crippen LogP contribution in [0.4, 0.5) is 0 Å². The van der Waals surface area contributed by atoms with Gasteiger partial charge in [0.05, 0.1) is 0 Å². The summed E-state index contributed by atoms with van der Waals surface area (Å²) in [5, 5.41) is 19.9. The maximum atomic E-state index is 10.2. The summed E-state index contributed by atoms with van der Waals surface area (Å²) in [6, 6.07) is 14.7. The first-order chi connectivity index (χ1) is 8.22. The van der Waals surface area contributed by atoms with Crippen molar-refractivity contribution in [3.8, 4) is 5.75 Å². The Morgan fingerprint density at radius 3 is 2.24 bits per heavy atom. The van der Waals surface area contributed by atoms with Crippen LogP contribution >= 0.6 is 0 Å². The first-order valence-electron chi connectivity index (χ1n) is 5.77. The number of phenols is 1. The summed E-state index contributed by atoms with van der Waals surface area (Å²) in [7, 11) is 0. The molecule has 88 valence electrons. The van der Waals surface area contributed by atoms with E-state index in [0.717, 1.165) is 12.0 Å². The van der Waals surface area contributed by atoms with Gasteiger partial charge in [-0.2, -0.15) is 0 Å². The molecule has 2 heteroatoms. The highest BCUT2D eigenvalue weighted by atomic mass is 16.3. The van der Waals surface area contributed by atoms with E-state index in [1.165, 1.54) is 5.56 Å². The molecule has 1 atom stereocenters. The fourth-order valence-electron chi connectivity index (χ4n) is 1.83. The first kappa shape index (κ1) is 11.7. The summed E-state index contributed by atoms with van der Waals surface area (Å²) in [6.07, 6.45) is 0.203. The van der Waals surface area contributed by atoms with Gasteiger partial charge in [-0.05, 0) is 23.6 Å². The van der Waals surface area contributed by atoms with E-state index in [0.29, 0.717) is 5.56 Å². The zero-order valence-corrected chi connectivity index (χ0v) is 9.80. The summed E-state index contributed by atoms with van der Waals surface area (Å²) >= 11 is 0. The number of aliphatic hydroxyl groups excluding tert-OH is 1. The van der Waals surface area contributed by atoms with Crippen LogP contribution in [0.2, 0.25) is 0 Å².